The normalized spacial score (nSPS) is 34.8. The maximum Gasteiger partial charge on any atom is 0.161 e. The minimum Gasteiger partial charge on any atom is -0.385 e. The van der Waals surface area contributed by atoms with Gasteiger partial charge >= 0.3 is 0 Å². The summed E-state index contributed by atoms with van der Waals surface area (Å²) in [5, 5.41) is 10.8. The average molecular weight is 627 g/mol. The molecule has 262 valence electrons. The summed E-state index contributed by atoms with van der Waals surface area (Å²) in [5.74, 6) is 5.82. The van der Waals surface area contributed by atoms with Crippen molar-refractivity contribution in [2.75, 3.05) is 0 Å². The molecule has 45 heavy (non-hydrogen) atoms. The van der Waals surface area contributed by atoms with E-state index in [2.05, 4.69) is 34.6 Å². The van der Waals surface area contributed by atoms with Crippen molar-refractivity contribution in [3.63, 3.8) is 0 Å². The van der Waals surface area contributed by atoms with Gasteiger partial charge in [-0.2, -0.15) is 0 Å². The minimum absolute atomic E-state index is 0.0976. The zero-order chi connectivity index (χ0) is 32.3. The first-order chi connectivity index (χ1) is 21.7. The highest BCUT2D eigenvalue weighted by Gasteiger charge is 2.60. The van der Waals surface area contributed by atoms with Crippen LogP contribution in [-0.2, 0) is 4.79 Å². The van der Waals surface area contributed by atoms with Gasteiger partial charge in [0, 0.05) is 6.42 Å². The molecule has 10 atom stereocenters. The Kier molecular flexibility index (Phi) is 15.3. The molecule has 4 rings (SSSR count). The SMILES string of the molecule is CCCCCCCCCCCCCCCC(=O)C(O)C(C)CCC[C@@H](C)[C@H]1CC[C@H]2[C@@H]3CCC4CCCC[C@]4(C)[C@H]3CC[C@]12C. The van der Waals surface area contributed by atoms with Gasteiger partial charge in [-0.15, -0.1) is 0 Å². The first kappa shape index (κ1) is 37.4. The van der Waals surface area contributed by atoms with E-state index in [1.54, 1.807) is 0 Å². The minimum atomic E-state index is -0.752. The summed E-state index contributed by atoms with van der Waals surface area (Å²) in [6.07, 6.45) is 35.4. The number of Topliss-reactive ketones (excluding diaryl/α,β-unsaturated/α-hetero) is 1. The van der Waals surface area contributed by atoms with E-state index in [0.717, 1.165) is 61.2 Å². The highest BCUT2D eigenvalue weighted by molar-refractivity contribution is 5.83. The molecule has 0 aliphatic heterocycles. The first-order valence-electron chi connectivity index (χ1n) is 20.9. The van der Waals surface area contributed by atoms with E-state index in [1.807, 2.05) is 0 Å². The second kappa shape index (κ2) is 18.4. The van der Waals surface area contributed by atoms with Crippen molar-refractivity contribution in [2.24, 2.45) is 52.3 Å². The number of aliphatic hydroxyl groups is 1. The Balaban J connectivity index is 1.08. The van der Waals surface area contributed by atoms with Crippen LogP contribution in [0.25, 0.3) is 0 Å². The van der Waals surface area contributed by atoms with Gasteiger partial charge in [0.15, 0.2) is 5.78 Å². The van der Waals surface area contributed by atoms with Crippen molar-refractivity contribution in [1.82, 2.24) is 0 Å². The molecular formula is C43H78O2. The molecule has 0 aromatic rings. The Morgan fingerprint density at radius 1 is 0.667 bits per heavy atom. The predicted octanol–water partition coefficient (Wildman–Crippen LogP) is 12.9. The van der Waals surface area contributed by atoms with Crippen LogP contribution in [0.2, 0.25) is 0 Å². The smallest absolute Gasteiger partial charge is 0.161 e. The van der Waals surface area contributed by atoms with E-state index in [4.69, 9.17) is 0 Å². The van der Waals surface area contributed by atoms with Crippen molar-refractivity contribution in [1.29, 1.82) is 0 Å². The lowest BCUT2D eigenvalue weighted by Gasteiger charge is -2.61. The van der Waals surface area contributed by atoms with E-state index in [9.17, 15) is 9.90 Å². The maximum absolute atomic E-state index is 12.8. The number of aliphatic hydroxyl groups excluding tert-OH is 1. The fraction of sp³-hybridized carbons (Fsp3) is 0.977. The van der Waals surface area contributed by atoms with Crippen LogP contribution in [0.4, 0.5) is 0 Å². The molecular weight excluding hydrogens is 548 g/mol. The zero-order valence-electron chi connectivity index (χ0n) is 31.1. The number of ketones is 1. The molecule has 0 radical (unpaired) electrons. The fourth-order valence-electron chi connectivity index (χ4n) is 12.2. The molecule has 0 heterocycles. The summed E-state index contributed by atoms with van der Waals surface area (Å²) in [7, 11) is 0. The molecule has 1 N–H and O–H groups in total. The van der Waals surface area contributed by atoms with Crippen LogP contribution in [0.15, 0.2) is 0 Å². The summed E-state index contributed by atoms with van der Waals surface area (Å²) >= 11 is 0. The molecule has 0 spiro atoms. The second-order valence-electron chi connectivity index (χ2n) is 17.9. The van der Waals surface area contributed by atoms with Gasteiger partial charge in [-0.1, -0.05) is 137 Å². The number of rotatable bonds is 21. The first-order valence-corrected chi connectivity index (χ1v) is 20.9. The lowest BCUT2D eigenvalue weighted by molar-refractivity contribution is -0.129. The van der Waals surface area contributed by atoms with Crippen LogP contribution in [0.3, 0.4) is 0 Å². The van der Waals surface area contributed by atoms with Crippen LogP contribution in [0.5, 0.6) is 0 Å². The summed E-state index contributed by atoms with van der Waals surface area (Å²) in [6.45, 7) is 12.4. The average Bonchev–Trinajstić information content (AvgIpc) is 3.39. The predicted molar refractivity (Wildman–Crippen MR) is 193 cm³/mol. The Hall–Kier alpha value is -0.370. The third kappa shape index (κ3) is 9.63. The van der Waals surface area contributed by atoms with Gasteiger partial charge in [-0.05, 0) is 116 Å². The standard InChI is InChI=1S/C43H78O2/c1-6-7-8-9-10-11-12-13-14-15-16-17-18-25-40(44)41(45)34(3)23-21-22-33(2)37-28-29-38-36-27-26-35-24-19-20-31-42(35,4)39(36)30-32-43(37,38)5/h33-39,41,45H,6-32H2,1-5H3/t33-,34?,35?,36+,37-,38+,39+,41?,42+,43-/m1/s1. The summed E-state index contributed by atoms with van der Waals surface area (Å²) in [5.41, 5.74) is 1.20. The van der Waals surface area contributed by atoms with E-state index >= 15 is 0 Å². The van der Waals surface area contributed by atoms with Gasteiger partial charge in [0.2, 0.25) is 0 Å². The number of carbonyl (C=O) groups is 1. The molecule has 0 bridgehead atoms. The molecule has 0 aromatic carbocycles. The molecule has 2 heteroatoms. The van der Waals surface area contributed by atoms with Gasteiger partial charge in [0.05, 0.1) is 0 Å². The molecule has 0 amide bonds. The van der Waals surface area contributed by atoms with Crippen molar-refractivity contribution in [2.45, 2.75) is 214 Å². The molecule has 2 nitrogen and oxygen atoms in total. The Morgan fingerprint density at radius 2 is 1.29 bits per heavy atom. The van der Waals surface area contributed by atoms with Gasteiger partial charge in [-0.25, -0.2) is 0 Å². The topological polar surface area (TPSA) is 37.3 Å². The molecule has 4 aliphatic carbocycles. The van der Waals surface area contributed by atoms with Crippen LogP contribution in [0.1, 0.15) is 208 Å². The highest BCUT2D eigenvalue weighted by Crippen LogP contribution is 2.68. The fourth-order valence-corrected chi connectivity index (χ4v) is 12.2. The third-order valence-electron chi connectivity index (χ3n) is 15.1. The molecule has 4 saturated carbocycles. The Morgan fingerprint density at radius 3 is 1.96 bits per heavy atom. The molecule has 4 fully saturated rings. The van der Waals surface area contributed by atoms with E-state index in [-0.39, 0.29) is 11.7 Å². The van der Waals surface area contributed by atoms with Crippen LogP contribution < -0.4 is 0 Å². The molecule has 3 unspecified atom stereocenters. The largest absolute Gasteiger partial charge is 0.385 e. The molecule has 0 aromatic heterocycles. The van der Waals surface area contributed by atoms with Crippen molar-refractivity contribution >= 4 is 5.78 Å². The summed E-state index contributed by atoms with van der Waals surface area (Å²) in [4.78, 5) is 12.8. The van der Waals surface area contributed by atoms with E-state index in [0.29, 0.717) is 17.3 Å². The van der Waals surface area contributed by atoms with Gasteiger partial charge < -0.3 is 5.11 Å². The number of fused-ring (bicyclic) bond motifs is 5. The Bertz CT molecular complexity index is 851. The van der Waals surface area contributed by atoms with Gasteiger partial charge in [-0.3, -0.25) is 4.79 Å². The van der Waals surface area contributed by atoms with Crippen molar-refractivity contribution in [3.8, 4) is 0 Å². The van der Waals surface area contributed by atoms with E-state index < -0.39 is 6.10 Å². The lowest BCUT2D eigenvalue weighted by Crippen LogP contribution is -2.53. The zero-order valence-corrected chi connectivity index (χ0v) is 31.1. The van der Waals surface area contributed by atoms with Crippen LogP contribution in [0, 0.1) is 52.3 Å². The number of hydrogen-bond acceptors (Lipinski definition) is 2. The Labute approximate surface area is 281 Å². The monoisotopic (exact) mass is 627 g/mol. The van der Waals surface area contributed by atoms with Gasteiger partial charge in [0.25, 0.3) is 0 Å². The van der Waals surface area contributed by atoms with Crippen molar-refractivity contribution in [3.05, 3.63) is 0 Å². The molecule has 4 aliphatic rings. The van der Waals surface area contributed by atoms with Crippen LogP contribution in [-0.4, -0.2) is 17.0 Å². The third-order valence-corrected chi connectivity index (χ3v) is 15.1. The lowest BCUT2D eigenvalue weighted by atomic mass is 9.44. The molecule has 0 saturated heterocycles. The van der Waals surface area contributed by atoms with Gasteiger partial charge in [0.1, 0.15) is 6.10 Å². The second-order valence-corrected chi connectivity index (χ2v) is 17.9. The number of hydrogen-bond donors (Lipinski definition) is 1. The van der Waals surface area contributed by atoms with E-state index in [1.165, 1.54) is 141 Å². The van der Waals surface area contributed by atoms with Crippen LogP contribution >= 0.6 is 0 Å². The number of carbonyl (C=O) groups excluding carboxylic acids is 1. The summed E-state index contributed by atoms with van der Waals surface area (Å²) < 4.78 is 0. The maximum atomic E-state index is 12.8. The quantitative estimate of drug-likeness (QED) is 0.129. The van der Waals surface area contributed by atoms with Crippen molar-refractivity contribution < 1.29 is 9.90 Å². The number of unbranched alkanes of at least 4 members (excludes halogenated alkanes) is 12. The summed E-state index contributed by atoms with van der Waals surface area (Å²) in [6, 6.07) is 0. The highest BCUT2D eigenvalue weighted by atomic mass is 16.3.